The van der Waals surface area contributed by atoms with Crippen LogP contribution in [0.25, 0.3) is 0 Å². The van der Waals surface area contributed by atoms with Gasteiger partial charge >= 0.3 is 0 Å². The number of benzene rings is 2. The minimum atomic E-state index is -3.21. The number of carbonyl (C=O) groups excluding carboxylic acids is 1. The van der Waals surface area contributed by atoms with Crippen molar-refractivity contribution in [3.8, 4) is 0 Å². The van der Waals surface area contributed by atoms with Crippen molar-refractivity contribution in [2.75, 3.05) is 6.26 Å². The van der Waals surface area contributed by atoms with Gasteiger partial charge in [-0.2, -0.15) is 0 Å². The maximum atomic E-state index is 12.7. The van der Waals surface area contributed by atoms with Crippen molar-refractivity contribution >= 4 is 15.7 Å². The van der Waals surface area contributed by atoms with E-state index in [0.29, 0.717) is 5.56 Å². The van der Waals surface area contributed by atoms with Gasteiger partial charge in [0.05, 0.1) is 10.9 Å². The number of sulfone groups is 1. The Bertz CT molecular complexity index is 901. The van der Waals surface area contributed by atoms with Crippen molar-refractivity contribution in [1.29, 1.82) is 0 Å². The molecule has 2 aromatic rings. The number of fused-ring (bicyclic) bond motifs is 1. The molecule has 0 radical (unpaired) electrons. The van der Waals surface area contributed by atoms with E-state index in [1.54, 1.807) is 24.3 Å². The normalized spacial score (nSPS) is 15.2. The molecule has 0 bridgehead atoms. The van der Waals surface area contributed by atoms with Gasteiger partial charge in [-0.1, -0.05) is 25.1 Å². The molecule has 4 nitrogen and oxygen atoms in total. The second-order valence-electron chi connectivity index (χ2n) is 6.97. The number of nitrogens with one attached hydrogen (secondary N) is 1. The van der Waals surface area contributed by atoms with Gasteiger partial charge < -0.3 is 5.32 Å². The highest BCUT2D eigenvalue weighted by molar-refractivity contribution is 7.90. The molecule has 5 heteroatoms. The smallest absolute Gasteiger partial charge is 0.251 e. The van der Waals surface area contributed by atoms with Gasteiger partial charge in [0.1, 0.15) is 0 Å². The van der Waals surface area contributed by atoms with Crippen LogP contribution in [0.5, 0.6) is 0 Å². The van der Waals surface area contributed by atoms with Crippen LogP contribution < -0.4 is 5.32 Å². The van der Waals surface area contributed by atoms with Gasteiger partial charge in [-0.25, -0.2) is 8.42 Å². The van der Waals surface area contributed by atoms with Gasteiger partial charge in [0.15, 0.2) is 9.84 Å². The molecule has 1 amide bonds. The predicted molar refractivity (Wildman–Crippen MR) is 103 cm³/mol. The molecule has 1 atom stereocenters. The van der Waals surface area contributed by atoms with Crippen LogP contribution in [0, 0.1) is 0 Å². The third kappa shape index (κ3) is 4.15. The molecular weight excluding hydrogens is 346 g/mol. The lowest BCUT2D eigenvalue weighted by Gasteiger charge is -2.20. The zero-order valence-electron chi connectivity index (χ0n) is 15.3. The lowest BCUT2D eigenvalue weighted by molar-refractivity contribution is 0.0935. The first-order valence-electron chi connectivity index (χ1n) is 9.11. The SMILES string of the molecule is CC[C@@H](NC(=O)c1ccc2c(c1)CCCC2)c1ccc(S(C)(=O)=O)cc1. The van der Waals surface area contributed by atoms with Gasteiger partial charge in [-0.3, -0.25) is 4.79 Å². The fraction of sp³-hybridized carbons (Fsp3) is 0.381. The molecule has 1 aliphatic rings. The summed E-state index contributed by atoms with van der Waals surface area (Å²) in [4.78, 5) is 13.0. The van der Waals surface area contributed by atoms with E-state index in [4.69, 9.17) is 0 Å². The molecule has 138 valence electrons. The van der Waals surface area contributed by atoms with Gasteiger partial charge in [-0.15, -0.1) is 0 Å². The molecule has 0 spiro atoms. The molecule has 1 N–H and O–H groups in total. The maximum absolute atomic E-state index is 12.7. The van der Waals surface area contributed by atoms with E-state index in [2.05, 4.69) is 11.4 Å². The Morgan fingerprint density at radius 2 is 1.69 bits per heavy atom. The first kappa shape index (κ1) is 18.6. The third-order valence-corrected chi connectivity index (χ3v) is 6.16. The Kier molecular flexibility index (Phi) is 5.47. The molecule has 0 saturated carbocycles. The molecule has 0 saturated heterocycles. The summed E-state index contributed by atoms with van der Waals surface area (Å²) in [6.07, 6.45) is 6.47. The van der Waals surface area contributed by atoms with Crippen molar-refractivity contribution < 1.29 is 13.2 Å². The third-order valence-electron chi connectivity index (χ3n) is 5.03. The summed E-state index contributed by atoms with van der Waals surface area (Å²) in [5.74, 6) is -0.0857. The van der Waals surface area contributed by atoms with Crippen LogP contribution in [-0.2, 0) is 22.7 Å². The lowest BCUT2D eigenvalue weighted by Crippen LogP contribution is -2.28. The largest absolute Gasteiger partial charge is 0.345 e. The van der Waals surface area contributed by atoms with E-state index in [1.165, 1.54) is 30.2 Å². The Morgan fingerprint density at radius 1 is 1.04 bits per heavy atom. The fourth-order valence-corrected chi connectivity index (χ4v) is 4.12. The minimum Gasteiger partial charge on any atom is -0.345 e. The number of carbonyl (C=O) groups is 1. The predicted octanol–water partition coefficient (Wildman–Crippen LogP) is 3.85. The molecule has 0 unspecified atom stereocenters. The first-order valence-corrected chi connectivity index (χ1v) is 11.0. The molecule has 0 aromatic heterocycles. The van der Waals surface area contributed by atoms with Crippen molar-refractivity contribution in [1.82, 2.24) is 5.32 Å². The van der Waals surface area contributed by atoms with Gasteiger partial charge in [0, 0.05) is 11.8 Å². The molecule has 26 heavy (non-hydrogen) atoms. The van der Waals surface area contributed by atoms with Crippen molar-refractivity contribution in [3.05, 3.63) is 64.7 Å². The second-order valence-corrected chi connectivity index (χ2v) is 8.98. The molecule has 0 fully saturated rings. The number of rotatable bonds is 5. The number of aryl methyl sites for hydroxylation is 2. The topological polar surface area (TPSA) is 63.2 Å². The average Bonchev–Trinajstić information content (AvgIpc) is 2.65. The average molecular weight is 372 g/mol. The number of amides is 1. The van der Waals surface area contributed by atoms with Crippen LogP contribution in [-0.4, -0.2) is 20.6 Å². The van der Waals surface area contributed by atoms with Crippen molar-refractivity contribution in [3.63, 3.8) is 0 Å². The Morgan fingerprint density at radius 3 is 2.31 bits per heavy atom. The van der Waals surface area contributed by atoms with Crippen LogP contribution in [0.3, 0.4) is 0 Å². The minimum absolute atomic E-state index is 0.0857. The second kappa shape index (κ2) is 7.62. The zero-order chi connectivity index (χ0) is 18.7. The quantitative estimate of drug-likeness (QED) is 0.868. The van der Waals surface area contributed by atoms with Crippen LogP contribution in [0.4, 0.5) is 0 Å². The standard InChI is InChI=1S/C21H25NO3S/c1-3-20(16-10-12-19(13-11-16)26(2,24)25)22-21(23)18-9-8-15-6-4-5-7-17(15)14-18/h8-14,20H,3-7H2,1-2H3,(H,22,23)/t20-/m1/s1. The lowest BCUT2D eigenvalue weighted by atomic mass is 9.90. The Balaban J connectivity index is 1.76. The first-order chi connectivity index (χ1) is 12.4. The molecule has 3 rings (SSSR count). The van der Waals surface area contributed by atoms with E-state index in [-0.39, 0.29) is 16.8 Å². The van der Waals surface area contributed by atoms with Crippen molar-refractivity contribution in [2.24, 2.45) is 0 Å². The summed E-state index contributed by atoms with van der Waals surface area (Å²) < 4.78 is 23.2. The summed E-state index contributed by atoms with van der Waals surface area (Å²) in [5.41, 5.74) is 4.24. The number of hydrogen-bond donors (Lipinski definition) is 1. The van der Waals surface area contributed by atoms with E-state index in [0.717, 1.165) is 24.8 Å². The Hall–Kier alpha value is -2.14. The van der Waals surface area contributed by atoms with Gasteiger partial charge in [0.2, 0.25) is 0 Å². The molecule has 0 aliphatic heterocycles. The van der Waals surface area contributed by atoms with Crippen LogP contribution in [0.1, 0.15) is 59.3 Å². The maximum Gasteiger partial charge on any atom is 0.251 e. The molecule has 2 aromatic carbocycles. The van der Waals surface area contributed by atoms with Crippen LogP contribution in [0.2, 0.25) is 0 Å². The summed E-state index contributed by atoms with van der Waals surface area (Å²) >= 11 is 0. The zero-order valence-corrected chi connectivity index (χ0v) is 16.1. The van der Waals surface area contributed by atoms with E-state index in [1.807, 2.05) is 19.1 Å². The van der Waals surface area contributed by atoms with E-state index < -0.39 is 9.84 Å². The molecule has 1 aliphatic carbocycles. The monoisotopic (exact) mass is 371 g/mol. The number of hydrogen-bond acceptors (Lipinski definition) is 3. The van der Waals surface area contributed by atoms with Crippen LogP contribution in [0.15, 0.2) is 47.4 Å². The summed E-state index contributed by atoms with van der Waals surface area (Å²) in [7, 11) is -3.21. The summed E-state index contributed by atoms with van der Waals surface area (Å²) in [6.45, 7) is 2.00. The van der Waals surface area contributed by atoms with E-state index in [9.17, 15) is 13.2 Å². The van der Waals surface area contributed by atoms with Crippen molar-refractivity contribution in [2.45, 2.75) is 50.0 Å². The molecule has 0 heterocycles. The summed E-state index contributed by atoms with van der Waals surface area (Å²) in [6, 6.07) is 12.6. The molecular formula is C21H25NO3S. The van der Waals surface area contributed by atoms with E-state index >= 15 is 0 Å². The summed E-state index contributed by atoms with van der Waals surface area (Å²) in [5, 5.41) is 3.08. The Labute approximate surface area is 155 Å². The van der Waals surface area contributed by atoms with Crippen LogP contribution >= 0.6 is 0 Å². The van der Waals surface area contributed by atoms with Gasteiger partial charge in [0.25, 0.3) is 5.91 Å². The highest BCUT2D eigenvalue weighted by Crippen LogP contribution is 2.23. The van der Waals surface area contributed by atoms with Gasteiger partial charge in [-0.05, 0) is 73.1 Å². The highest BCUT2D eigenvalue weighted by Gasteiger charge is 2.17. The fourth-order valence-electron chi connectivity index (χ4n) is 3.48. The highest BCUT2D eigenvalue weighted by atomic mass is 32.2.